The molecule has 1 N–H and O–H groups in total. The smallest absolute Gasteiger partial charge is 0.263 e. The van der Waals surface area contributed by atoms with Crippen molar-refractivity contribution in [3.8, 4) is 5.75 Å². The van der Waals surface area contributed by atoms with Crippen molar-refractivity contribution < 1.29 is 22.3 Å². The number of ether oxygens (including phenoxy) is 2. The summed E-state index contributed by atoms with van der Waals surface area (Å²) in [6, 6.07) is 9.14. The van der Waals surface area contributed by atoms with Gasteiger partial charge in [-0.25, -0.2) is 12.8 Å². The second kappa shape index (κ2) is 8.49. The minimum absolute atomic E-state index is 0.102. The number of hydrogen-bond acceptors (Lipinski definition) is 6. The van der Waals surface area contributed by atoms with E-state index >= 15 is 0 Å². The van der Waals surface area contributed by atoms with Gasteiger partial charge in [0.15, 0.2) is 11.6 Å². The van der Waals surface area contributed by atoms with Crippen molar-refractivity contribution in [3.63, 3.8) is 0 Å². The molecule has 0 radical (unpaired) electrons. The Hall–Kier alpha value is -2.78. The summed E-state index contributed by atoms with van der Waals surface area (Å²) in [4.78, 5) is 8.82. The fourth-order valence-electron chi connectivity index (χ4n) is 2.70. The Kier molecular flexibility index (Phi) is 6.05. The molecule has 1 heterocycles. The largest absolute Gasteiger partial charge is 0.494 e. The molecule has 0 aromatic heterocycles. The zero-order valence-corrected chi connectivity index (χ0v) is 16.3. The summed E-state index contributed by atoms with van der Waals surface area (Å²) in [6.07, 6.45) is 1.51. The predicted octanol–water partition coefficient (Wildman–Crippen LogP) is 2.66. The summed E-state index contributed by atoms with van der Waals surface area (Å²) in [5.41, 5.74) is 1.45. The Balaban J connectivity index is 1.97. The Bertz CT molecular complexity index is 1040. The van der Waals surface area contributed by atoms with Crippen LogP contribution in [0.25, 0.3) is 0 Å². The maximum absolute atomic E-state index is 13.6. The van der Waals surface area contributed by atoms with Crippen molar-refractivity contribution in [2.24, 2.45) is 9.98 Å². The molecule has 148 valence electrons. The van der Waals surface area contributed by atoms with Gasteiger partial charge in [0.25, 0.3) is 10.0 Å². The number of benzene rings is 2. The molecule has 0 atom stereocenters. The van der Waals surface area contributed by atoms with E-state index in [-0.39, 0.29) is 16.5 Å². The van der Waals surface area contributed by atoms with Crippen LogP contribution in [0, 0.1) is 5.82 Å². The lowest BCUT2D eigenvalue weighted by atomic mass is 10.1. The molecular formula is C19H20FN3O4S. The first-order valence-corrected chi connectivity index (χ1v) is 10.1. The topological polar surface area (TPSA) is 89.3 Å². The Morgan fingerprint density at radius 3 is 2.82 bits per heavy atom. The van der Waals surface area contributed by atoms with Gasteiger partial charge in [-0.1, -0.05) is 12.1 Å². The fourth-order valence-corrected chi connectivity index (χ4v) is 3.96. The summed E-state index contributed by atoms with van der Waals surface area (Å²) < 4.78 is 51.0. The molecule has 28 heavy (non-hydrogen) atoms. The van der Waals surface area contributed by atoms with E-state index in [1.807, 2.05) is 6.92 Å². The zero-order valence-electron chi connectivity index (χ0n) is 15.5. The highest BCUT2D eigenvalue weighted by Gasteiger charge is 2.32. The number of nitrogens with one attached hydrogen (secondary N) is 1. The summed E-state index contributed by atoms with van der Waals surface area (Å²) in [5.74, 6) is -0.136. The van der Waals surface area contributed by atoms with Crippen LogP contribution in [-0.2, 0) is 14.8 Å². The number of aliphatic imine (C=N–C) groups is 2. The number of halogens is 1. The van der Waals surface area contributed by atoms with E-state index in [2.05, 4.69) is 14.7 Å². The van der Waals surface area contributed by atoms with Crippen LogP contribution in [0.5, 0.6) is 5.75 Å². The van der Waals surface area contributed by atoms with Crippen molar-refractivity contribution in [1.82, 2.24) is 4.72 Å². The molecule has 0 bridgehead atoms. The average molecular weight is 405 g/mol. The van der Waals surface area contributed by atoms with E-state index in [4.69, 9.17) is 9.47 Å². The van der Waals surface area contributed by atoms with Crippen LogP contribution in [0.15, 0.2) is 51.3 Å². The van der Waals surface area contributed by atoms with Crippen LogP contribution in [0.3, 0.4) is 0 Å². The molecule has 2 aromatic carbocycles. The summed E-state index contributed by atoms with van der Waals surface area (Å²) in [5, 5.41) is 0. The van der Waals surface area contributed by atoms with Crippen molar-refractivity contribution >= 4 is 27.8 Å². The van der Waals surface area contributed by atoms with Gasteiger partial charge in [0.1, 0.15) is 10.7 Å². The van der Waals surface area contributed by atoms with Gasteiger partial charge in [-0.05, 0) is 36.8 Å². The monoisotopic (exact) mass is 405 g/mol. The molecule has 1 aliphatic heterocycles. The van der Waals surface area contributed by atoms with Crippen molar-refractivity contribution in [3.05, 3.63) is 53.3 Å². The van der Waals surface area contributed by atoms with Gasteiger partial charge in [0.2, 0.25) is 0 Å². The first kappa shape index (κ1) is 20.0. The van der Waals surface area contributed by atoms with Gasteiger partial charge < -0.3 is 9.47 Å². The third kappa shape index (κ3) is 4.20. The number of fused-ring (bicyclic) bond motifs is 1. The second-order valence-corrected chi connectivity index (χ2v) is 7.49. The van der Waals surface area contributed by atoms with Crippen molar-refractivity contribution in [2.45, 2.75) is 11.8 Å². The standard InChI is InChI=1S/C19H20FN3O4S/c1-3-27-10-9-21-19-18-15(5-4-6-17(18)28(24,25)23-19)22-12-13-7-8-14(20)16(11-13)26-2/h4-8,11-12H,3,9-10H2,1-2H3,(H,21,23). The quantitative estimate of drug-likeness (QED) is 0.567. The highest BCUT2D eigenvalue weighted by Crippen LogP contribution is 2.31. The highest BCUT2D eigenvalue weighted by atomic mass is 32.2. The first-order valence-electron chi connectivity index (χ1n) is 8.62. The molecule has 0 saturated carbocycles. The summed E-state index contributed by atoms with van der Waals surface area (Å²) in [6.45, 7) is 3.14. The first-order chi connectivity index (χ1) is 13.5. The lowest BCUT2D eigenvalue weighted by Gasteiger charge is -2.04. The maximum Gasteiger partial charge on any atom is 0.263 e. The van der Waals surface area contributed by atoms with Crippen LogP contribution in [0.4, 0.5) is 10.1 Å². The Morgan fingerprint density at radius 1 is 1.25 bits per heavy atom. The number of amidine groups is 1. The molecule has 0 amide bonds. The molecule has 0 spiro atoms. The molecule has 3 rings (SSSR count). The number of methoxy groups -OCH3 is 1. The Morgan fingerprint density at radius 2 is 2.07 bits per heavy atom. The van der Waals surface area contributed by atoms with Crippen molar-refractivity contribution in [2.75, 3.05) is 26.9 Å². The normalized spacial score (nSPS) is 16.3. The van der Waals surface area contributed by atoms with Gasteiger partial charge in [-0.2, -0.15) is 0 Å². The van der Waals surface area contributed by atoms with Gasteiger partial charge >= 0.3 is 0 Å². The van der Waals surface area contributed by atoms with Gasteiger partial charge in [0, 0.05) is 12.8 Å². The van der Waals surface area contributed by atoms with Crippen molar-refractivity contribution in [1.29, 1.82) is 0 Å². The fraction of sp³-hybridized carbons (Fsp3) is 0.263. The number of hydrogen-bond donors (Lipinski definition) is 1. The molecule has 0 fully saturated rings. The minimum Gasteiger partial charge on any atom is -0.494 e. The third-order valence-electron chi connectivity index (χ3n) is 4.00. The molecule has 0 aliphatic carbocycles. The lowest BCUT2D eigenvalue weighted by Crippen LogP contribution is -2.22. The molecular weight excluding hydrogens is 385 g/mol. The van der Waals surface area contributed by atoms with E-state index in [0.29, 0.717) is 36.6 Å². The van der Waals surface area contributed by atoms with Gasteiger partial charge in [0.05, 0.1) is 31.5 Å². The predicted molar refractivity (Wildman–Crippen MR) is 105 cm³/mol. The van der Waals surface area contributed by atoms with E-state index < -0.39 is 15.8 Å². The minimum atomic E-state index is -3.68. The van der Waals surface area contributed by atoms with E-state index in [1.54, 1.807) is 18.2 Å². The number of rotatable bonds is 7. The van der Waals surface area contributed by atoms with Gasteiger partial charge in [-0.15, -0.1) is 0 Å². The van der Waals surface area contributed by atoms with Crippen LogP contribution < -0.4 is 9.46 Å². The molecule has 1 aliphatic rings. The number of nitrogens with zero attached hydrogens (tertiary/aromatic N) is 2. The number of sulfonamides is 1. The summed E-state index contributed by atoms with van der Waals surface area (Å²) in [7, 11) is -2.30. The SMILES string of the molecule is CCOCCN=C1NS(=O)(=O)c2cccc(N=Cc3ccc(F)c(OC)c3)c21. The average Bonchev–Trinajstić information content (AvgIpc) is 2.95. The highest BCUT2D eigenvalue weighted by molar-refractivity contribution is 7.90. The van der Waals surface area contributed by atoms with Crippen LogP contribution in [0.1, 0.15) is 18.1 Å². The van der Waals surface area contributed by atoms with Crippen LogP contribution >= 0.6 is 0 Å². The molecule has 0 unspecified atom stereocenters. The molecule has 2 aromatic rings. The van der Waals surface area contributed by atoms with Gasteiger partial charge in [-0.3, -0.25) is 14.7 Å². The Labute approximate surface area is 163 Å². The van der Waals surface area contributed by atoms with E-state index in [9.17, 15) is 12.8 Å². The maximum atomic E-state index is 13.6. The van der Waals surface area contributed by atoms with Crippen LogP contribution in [-0.4, -0.2) is 47.3 Å². The zero-order chi connectivity index (χ0) is 20.1. The molecule has 0 saturated heterocycles. The second-order valence-electron chi connectivity index (χ2n) is 5.84. The summed E-state index contributed by atoms with van der Waals surface area (Å²) >= 11 is 0. The molecule has 9 heteroatoms. The molecule has 7 nitrogen and oxygen atoms in total. The van der Waals surface area contributed by atoms with E-state index in [0.717, 1.165) is 0 Å². The van der Waals surface area contributed by atoms with E-state index in [1.165, 1.54) is 31.5 Å². The van der Waals surface area contributed by atoms with Crippen LogP contribution in [0.2, 0.25) is 0 Å². The third-order valence-corrected chi connectivity index (χ3v) is 5.38. The lowest BCUT2D eigenvalue weighted by molar-refractivity contribution is 0.156.